The molecular formula is C16H23N3O3S. The van der Waals surface area contributed by atoms with Crippen LogP contribution in [0.2, 0.25) is 0 Å². The Morgan fingerprint density at radius 3 is 2.83 bits per heavy atom. The molecule has 4 rings (SSSR count). The molecule has 2 saturated heterocycles. The number of anilines is 1. The summed E-state index contributed by atoms with van der Waals surface area (Å²) in [4.78, 5) is 21.9. The molecule has 2 atom stereocenters. The molecule has 3 heterocycles. The van der Waals surface area contributed by atoms with E-state index in [1.807, 2.05) is 6.20 Å². The Labute approximate surface area is 140 Å². The Bertz CT molecular complexity index is 569. The van der Waals surface area contributed by atoms with Gasteiger partial charge in [0.2, 0.25) is 0 Å². The Hall–Kier alpha value is -1.18. The molecule has 23 heavy (non-hydrogen) atoms. The van der Waals surface area contributed by atoms with Crippen molar-refractivity contribution < 1.29 is 14.6 Å². The number of morpholine rings is 1. The molecule has 1 aromatic heterocycles. The SMILES string of the molecule is O=C(O)[C@@H]1CN(Cc2cnc(N3CCOCC3)s2)C[C@H]1C1CC1. The third kappa shape index (κ3) is 3.36. The van der Waals surface area contributed by atoms with Gasteiger partial charge >= 0.3 is 5.97 Å². The fourth-order valence-electron chi connectivity index (χ4n) is 3.80. The van der Waals surface area contributed by atoms with E-state index < -0.39 is 5.97 Å². The number of likely N-dealkylation sites (tertiary alicyclic amines) is 1. The Morgan fingerprint density at radius 2 is 2.13 bits per heavy atom. The fourth-order valence-corrected chi connectivity index (χ4v) is 4.80. The van der Waals surface area contributed by atoms with Crippen molar-refractivity contribution in [1.29, 1.82) is 0 Å². The van der Waals surface area contributed by atoms with Crippen LogP contribution in [0, 0.1) is 17.8 Å². The van der Waals surface area contributed by atoms with E-state index in [0.717, 1.165) is 44.5 Å². The highest BCUT2D eigenvalue weighted by Gasteiger charge is 2.45. The predicted molar refractivity (Wildman–Crippen MR) is 87.8 cm³/mol. The van der Waals surface area contributed by atoms with Crippen molar-refractivity contribution in [3.8, 4) is 0 Å². The van der Waals surface area contributed by atoms with Crippen molar-refractivity contribution in [3.63, 3.8) is 0 Å². The summed E-state index contributed by atoms with van der Waals surface area (Å²) in [7, 11) is 0. The van der Waals surface area contributed by atoms with Crippen molar-refractivity contribution in [1.82, 2.24) is 9.88 Å². The standard InChI is InChI=1S/C16H23N3O3S/c20-15(21)14-10-18(9-13(14)11-1-2-11)8-12-7-17-16(23-12)19-3-5-22-6-4-19/h7,11,13-14H,1-6,8-10H2,(H,20,21)/t13-,14+/m0/s1. The lowest BCUT2D eigenvalue weighted by Gasteiger charge is -2.26. The van der Waals surface area contributed by atoms with Gasteiger partial charge in [-0.05, 0) is 24.7 Å². The molecule has 0 aromatic carbocycles. The van der Waals surface area contributed by atoms with E-state index in [2.05, 4.69) is 14.8 Å². The first kappa shape index (κ1) is 15.4. The molecule has 2 aliphatic heterocycles. The summed E-state index contributed by atoms with van der Waals surface area (Å²) < 4.78 is 5.38. The number of hydrogen-bond acceptors (Lipinski definition) is 6. The van der Waals surface area contributed by atoms with Crippen LogP contribution in [-0.2, 0) is 16.1 Å². The van der Waals surface area contributed by atoms with Crippen molar-refractivity contribution in [2.24, 2.45) is 17.8 Å². The van der Waals surface area contributed by atoms with Gasteiger partial charge in [-0.1, -0.05) is 0 Å². The number of carboxylic acids is 1. The lowest BCUT2D eigenvalue weighted by Crippen LogP contribution is -2.36. The first-order valence-corrected chi connectivity index (χ1v) is 9.25. The van der Waals surface area contributed by atoms with Crippen LogP contribution in [0.15, 0.2) is 6.20 Å². The summed E-state index contributed by atoms with van der Waals surface area (Å²) in [5.74, 6) is 0.183. The molecule has 3 fully saturated rings. The number of carboxylic acid groups (broad SMARTS) is 1. The molecule has 7 heteroatoms. The molecule has 0 unspecified atom stereocenters. The molecule has 1 saturated carbocycles. The summed E-state index contributed by atoms with van der Waals surface area (Å²) in [6.45, 7) is 5.78. The quantitative estimate of drug-likeness (QED) is 0.879. The second kappa shape index (κ2) is 6.37. The third-order valence-electron chi connectivity index (χ3n) is 5.19. The van der Waals surface area contributed by atoms with E-state index in [9.17, 15) is 9.90 Å². The number of aromatic nitrogens is 1. The number of thiazole rings is 1. The average molecular weight is 337 g/mol. The number of rotatable bonds is 5. The van der Waals surface area contributed by atoms with Gasteiger partial charge in [-0.2, -0.15) is 0 Å². The van der Waals surface area contributed by atoms with Gasteiger partial charge < -0.3 is 14.7 Å². The van der Waals surface area contributed by atoms with Crippen LogP contribution in [0.25, 0.3) is 0 Å². The summed E-state index contributed by atoms with van der Waals surface area (Å²) in [5, 5.41) is 10.5. The minimum absolute atomic E-state index is 0.186. The summed E-state index contributed by atoms with van der Waals surface area (Å²) >= 11 is 1.73. The van der Waals surface area contributed by atoms with Gasteiger partial charge in [0.15, 0.2) is 5.13 Å². The van der Waals surface area contributed by atoms with Gasteiger partial charge in [0.05, 0.1) is 19.1 Å². The van der Waals surface area contributed by atoms with E-state index in [4.69, 9.17) is 4.74 Å². The summed E-state index contributed by atoms with van der Waals surface area (Å²) in [6.07, 6.45) is 4.38. The van der Waals surface area contributed by atoms with E-state index in [1.54, 1.807) is 11.3 Å². The van der Waals surface area contributed by atoms with Gasteiger partial charge in [0.1, 0.15) is 0 Å². The Balaban J connectivity index is 1.38. The molecular weight excluding hydrogens is 314 g/mol. The maximum absolute atomic E-state index is 11.5. The average Bonchev–Trinajstić information content (AvgIpc) is 3.15. The fraction of sp³-hybridized carbons (Fsp3) is 0.750. The number of ether oxygens (including phenoxy) is 1. The lowest BCUT2D eigenvalue weighted by molar-refractivity contribution is -0.142. The van der Waals surface area contributed by atoms with Gasteiger partial charge in [0.25, 0.3) is 0 Å². The monoisotopic (exact) mass is 337 g/mol. The van der Waals surface area contributed by atoms with Gasteiger partial charge in [-0.15, -0.1) is 11.3 Å². The number of nitrogens with zero attached hydrogens (tertiary/aromatic N) is 3. The van der Waals surface area contributed by atoms with Crippen LogP contribution in [-0.4, -0.2) is 60.4 Å². The van der Waals surface area contributed by atoms with E-state index in [1.165, 1.54) is 17.7 Å². The molecule has 0 spiro atoms. The van der Waals surface area contributed by atoms with Crippen LogP contribution in [0.5, 0.6) is 0 Å². The first-order chi connectivity index (χ1) is 11.2. The molecule has 126 valence electrons. The molecule has 1 aromatic rings. The number of aliphatic carboxylic acids is 1. The topological polar surface area (TPSA) is 65.9 Å². The maximum Gasteiger partial charge on any atom is 0.308 e. The van der Waals surface area contributed by atoms with E-state index in [-0.39, 0.29) is 5.92 Å². The minimum atomic E-state index is -0.622. The largest absolute Gasteiger partial charge is 0.481 e. The molecule has 0 amide bonds. The molecule has 1 N–H and O–H groups in total. The molecule has 0 bridgehead atoms. The van der Waals surface area contributed by atoms with Gasteiger partial charge in [0, 0.05) is 43.8 Å². The van der Waals surface area contributed by atoms with Crippen molar-refractivity contribution in [3.05, 3.63) is 11.1 Å². The van der Waals surface area contributed by atoms with Crippen LogP contribution in [0.3, 0.4) is 0 Å². The smallest absolute Gasteiger partial charge is 0.308 e. The Morgan fingerprint density at radius 1 is 1.35 bits per heavy atom. The molecule has 3 aliphatic rings. The Kier molecular flexibility index (Phi) is 4.26. The third-order valence-corrected chi connectivity index (χ3v) is 6.23. The van der Waals surface area contributed by atoms with E-state index >= 15 is 0 Å². The zero-order valence-electron chi connectivity index (χ0n) is 13.2. The van der Waals surface area contributed by atoms with Gasteiger partial charge in [-0.25, -0.2) is 4.98 Å². The highest BCUT2D eigenvalue weighted by atomic mass is 32.1. The van der Waals surface area contributed by atoms with Crippen molar-refractivity contribution in [2.75, 3.05) is 44.3 Å². The normalized spacial score (nSPS) is 29.1. The number of hydrogen-bond donors (Lipinski definition) is 1. The minimum Gasteiger partial charge on any atom is -0.481 e. The van der Waals surface area contributed by atoms with Crippen LogP contribution < -0.4 is 4.90 Å². The van der Waals surface area contributed by atoms with Crippen molar-refractivity contribution >= 4 is 22.4 Å². The second-order valence-corrected chi connectivity index (χ2v) is 7.94. The number of carbonyl (C=O) groups is 1. The van der Waals surface area contributed by atoms with Crippen LogP contribution in [0.4, 0.5) is 5.13 Å². The second-order valence-electron chi connectivity index (χ2n) is 6.85. The molecule has 6 nitrogen and oxygen atoms in total. The highest BCUT2D eigenvalue weighted by Crippen LogP contribution is 2.44. The van der Waals surface area contributed by atoms with Gasteiger partial charge in [-0.3, -0.25) is 9.69 Å². The summed E-state index contributed by atoms with van der Waals surface area (Å²) in [6, 6.07) is 0. The molecule has 1 aliphatic carbocycles. The van der Waals surface area contributed by atoms with Crippen molar-refractivity contribution in [2.45, 2.75) is 19.4 Å². The molecule has 0 radical (unpaired) electrons. The first-order valence-electron chi connectivity index (χ1n) is 8.43. The zero-order valence-corrected chi connectivity index (χ0v) is 14.0. The summed E-state index contributed by atoms with van der Waals surface area (Å²) in [5.41, 5.74) is 0. The lowest BCUT2D eigenvalue weighted by atomic mass is 9.92. The van der Waals surface area contributed by atoms with E-state index in [0.29, 0.717) is 18.4 Å². The van der Waals surface area contributed by atoms with Crippen LogP contribution >= 0.6 is 11.3 Å². The van der Waals surface area contributed by atoms with Crippen LogP contribution in [0.1, 0.15) is 17.7 Å². The predicted octanol–water partition coefficient (Wildman–Crippen LogP) is 1.52. The zero-order chi connectivity index (χ0) is 15.8. The maximum atomic E-state index is 11.5. The highest BCUT2D eigenvalue weighted by molar-refractivity contribution is 7.15.